The van der Waals surface area contributed by atoms with Crippen LogP contribution in [0.5, 0.6) is 0 Å². The van der Waals surface area contributed by atoms with Crippen molar-refractivity contribution in [2.75, 3.05) is 6.61 Å². The molecule has 0 aromatic rings. The maximum absolute atomic E-state index is 13.1. The van der Waals surface area contributed by atoms with Crippen molar-refractivity contribution in [2.45, 2.75) is 244 Å². The van der Waals surface area contributed by atoms with E-state index in [1.165, 1.54) is 103 Å². The molecule has 0 spiro atoms. The van der Waals surface area contributed by atoms with Gasteiger partial charge in [-0.1, -0.05) is 167 Å². The number of carbonyl (C=O) groups excluding carboxylic acids is 2. The molecule has 300 valence electrons. The Morgan fingerprint density at radius 2 is 0.961 bits per heavy atom. The Kier molecular flexibility index (Phi) is 38.3. The number of aliphatic hydroxyl groups is 2. The predicted octanol–water partition coefficient (Wildman–Crippen LogP) is 12.4. The highest BCUT2D eigenvalue weighted by Crippen LogP contribution is 2.17. The van der Waals surface area contributed by atoms with Gasteiger partial charge in [-0.05, 0) is 70.6 Å². The largest absolute Gasteiger partial charge is 0.462 e. The number of nitrogens with one attached hydrogen (secondary N) is 1. The minimum Gasteiger partial charge on any atom is -0.462 e. The number of ether oxygens (including phenoxy) is 1. The van der Waals surface area contributed by atoms with Crippen molar-refractivity contribution in [3.8, 4) is 0 Å². The first kappa shape index (κ1) is 49.3. The molecule has 0 heterocycles. The van der Waals surface area contributed by atoms with Gasteiger partial charge >= 0.3 is 5.97 Å². The van der Waals surface area contributed by atoms with Gasteiger partial charge in [0.05, 0.1) is 25.2 Å². The number of aliphatic hydroxyl groups excluding tert-OH is 2. The molecule has 0 fully saturated rings. The van der Waals surface area contributed by atoms with Crippen molar-refractivity contribution in [3.05, 3.63) is 24.3 Å². The highest BCUT2D eigenvalue weighted by atomic mass is 16.5. The van der Waals surface area contributed by atoms with Crippen LogP contribution in [-0.4, -0.2) is 46.9 Å². The molecular weight excluding hydrogens is 634 g/mol. The Morgan fingerprint density at radius 3 is 1.51 bits per heavy atom. The van der Waals surface area contributed by atoms with Crippen molar-refractivity contribution < 1.29 is 24.5 Å². The Morgan fingerprint density at radius 1 is 0.549 bits per heavy atom. The van der Waals surface area contributed by atoms with Gasteiger partial charge in [-0.2, -0.15) is 0 Å². The molecular formula is C45H85NO5. The highest BCUT2D eigenvalue weighted by molar-refractivity contribution is 5.77. The molecule has 6 heteroatoms. The van der Waals surface area contributed by atoms with Crippen LogP contribution in [0.25, 0.3) is 0 Å². The summed E-state index contributed by atoms with van der Waals surface area (Å²) >= 11 is 0. The van der Waals surface area contributed by atoms with Gasteiger partial charge in [0.15, 0.2) is 0 Å². The second-order valence-electron chi connectivity index (χ2n) is 15.1. The summed E-state index contributed by atoms with van der Waals surface area (Å²) in [7, 11) is 0. The van der Waals surface area contributed by atoms with Crippen LogP contribution in [0.3, 0.4) is 0 Å². The summed E-state index contributed by atoms with van der Waals surface area (Å²) in [5.74, 6) is -0.500. The topological polar surface area (TPSA) is 95.9 Å². The summed E-state index contributed by atoms with van der Waals surface area (Å²) in [5, 5.41) is 23.6. The number of esters is 1. The quantitative estimate of drug-likeness (QED) is 0.0334. The maximum atomic E-state index is 13.1. The van der Waals surface area contributed by atoms with Crippen LogP contribution in [-0.2, 0) is 14.3 Å². The molecule has 6 nitrogen and oxygen atoms in total. The van der Waals surface area contributed by atoms with Crippen molar-refractivity contribution >= 4 is 11.9 Å². The van der Waals surface area contributed by atoms with Gasteiger partial charge in [0.1, 0.15) is 6.10 Å². The van der Waals surface area contributed by atoms with Crippen molar-refractivity contribution in [3.63, 3.8) is 0 Å². The number of allylic oxidation sites excluding steroid dienone is 4. The number of carbonyl (C=O) groups is 2. The molecule has 0 aromatic heterocycles. The monoisotopic (exact) mass is 720 g/mol. The fourth-order valence-electron chi connectivity index (χ4n) is 6.58. The van der Waals surface area contributed by atoms with Crippen LogP contribution in [0.15, 0.2) is 24.3 Å². The predicted molar refractivity (Wildman–Crippen MR) is 218 cm³/mol. The lowest BCUT2D eigenvalue weighted by atomic mass is 10.0. The van der Waals surface area contributed by atoms with Crippen LogP contribution in [0.1, 0.15) is 226 Å². The fourth-order valence-corrected chi connectivity index (χ4v) is 6.58. The minimum absolute atomic E-state index is 0.0660. The molecule has 3 atom stereocenters. The van der Waals surface area contributed by atoms with E-state index in [1.807, 2.05) is 0 Å². The van der Waals surface area contributed by atoms with E-state index in [-0.39, 0.29) is 24.9 Å². The molecule has 3 unspecified atom stereocenters. The molecule has 3 N–H and O–H groups in total. The van der Waals surface area contributed by atoms with Gasteiger partial charge in [0.2, 0.25) is 5.91 Å². The van der Waals surface area contributed by atoms with E-state index in [0.29, 0.717) is 19.3 Å². The number of rotatable bonds is 39. The molecule has 0 radical (unpaired) electrons. The van der Waals surface area contributed by atoms with E-state index < -0.39 is 18.2 Å². The number of hydrogen-bond donors (Lipinski definition) is 3. The zero-order chi connectivity index (χ0) is 37.5. The van der Waals surface area contributed by atoms with Gasteiger partial charge < -0.3 is 20.3 Å². The number of hydrogen-bond acceptors (Lipinski definition) is 5. The first-order chi connectivity index (χ1) is 25.0. The van der Waals surface area contributed by atoms with E-state index in [4.69, 9.17) is 4.74 Å². The fraction of sp³-hybridized carbons (Fsp3) is 0.867. The Labute approximate surface area is 316 Å². The Bertz CT molecular complexity index is 812. The summed E-state index contributed by atoms with van der Waals surface area (Å²) in [6, 6.07) is -0.701. The zero-order valence-electron chi connectivity index (χ0n) is 34.0. The van der Waals surface area contributed by atoms with Crippen LogP contribution < -0.4 is 5.32 Å². The van der Waals surface area contributed by atoms with E-state index in [0.717, 1.165) is 77.0 Å². The van der Waals surface area contributed by atoms with Crippen LogP contribution >= 0.6 is 0 Å². The Hall–Kier alpha value is -1.66. The summed E-state index contributed by atoms with van der Waals surface area (Å²) in [5.41, 5.74) is 0. The standard InChI is InChI=1S/C45H85NO5/c1-4-7-10-13-16-19-22-25-28-31-34-37-43(48)42(40-47)46-44(49)39-41(36-33-30-27-24-21-18-15-12-9-6-3)51-45(50)38-35-32-29-26-23-20-17-14-11-8-5-2/h14,17-18,21,41-43,47-48H,4-13,15-16,19-20,22-40H2,1-3H3,(H,46,49)/b17-14-,21-18-. The number of amides is 1. The normalized spacial score (nSPS) is 13.6. The van der Waals surface area contributed by atoms with Crippen LogP contribution in [0.4, 0.5) is 0 Å². The third kappa shape index (κ3) is 35.2. The molecule has 0 aliphatic heterocycles. The highest BCUT2D eigenvalue weighted by Gasteiger charge is 2.24. The first-order valence-electron chi connectivity index (χ1n) is 22.1. The number of unbranched alkanes of at least 4 members (excludes halogenated alkanes) is 23. The molecule has 0 aliphatic rings. The second-order valence-corrected chi connectivity index (χ2v) is 15.1. The molecule has 1 amide bonds. The van der Waals surface area contributed by atoms with Crippen LogP contribution in [0, 0.1) is 0 Å². The van der Waals surface area contributed by atoms with Gasteiger partial charge in [-0.25, -0.2) is 0 Å². The first-order valence-corrected chi connectivity index (χ1v) is 22.1. The molecule has 0 saturated carbocycles. The SMILES string of the molecule is CCCC/C=C\CCCCCCCC(=O)OC(CCCCC/C=C\CCCCC)CC(=O)NC(CO)C(O)CCCCCCCCCCCCC. The van der Waals surface area contributed by atoms with E-state index in [9.17, 15) is 19.8 Å². The van der Waals surface area contributed by atoms with Crippen LogP contribution in [0.2, 0.25) is 0 Å². The summed E-state index contributed by atoms with van der Waals surface area (Å²) in [6.07, 6.45) is 42.3. The molecule has 0 rings (SSSR count). The molecule has 51 heavy (non-hydrogen) atoms. The van der Waals surface area contributed by atoms with E-state index in [1.54, 1.807) is 0 Å². The molecule has 0 aromatic carbocycles. The second kappa shape index (κ2) is 39.5. The lowest BCUT2D eigenvalue weighted by Gasteiger charge is -2.24. The zero-order valence-corrected chi connectivity index (χ0v) is 34.0. The van der Waals surface area contributed by atoms with Gasteiger partial charge in [0, 0.05) is 6.42 Å². The average molecular weight is 720 g/mol. The minimum atomic E-state index is -0.786. The average Bonchev–Trinajstić information content (AvgIpc) is 3.12. The lowest BCUT2D eigenvalue weighted by molar-refractivity contribution is -0.151. The van der Waals surface area contributed by atoms with E-state index in [2.05, 4.69) is 50.4 Å². The molecule has 0 bridgehead atoms. The van der Waals surface area contributed by atoms with Crippen molar-refractivity contribution in [1.82, 2.24) is 5.32 Å². The summed E-state index contributed by atoms with van der Waals surface area (Å²) < 4.78 is 5.87. The Balaban J connectivity index is 4.59. The van der Waals surface area contributed by atoms with E-state index >= 15 is 0 Å². The van der Waals surface area contributed by atoms with Gasteiger partial charge in [-0.3, -0.25) is 9.59 Å². The molecule has 0 saturated heterocycles. The van der Waals surface area contributed by atoms with Crippen molar-refractivity contribution in [1.29, 1.82) is 0 Å². The summed E-state index contributed by atoms with van der Waals surface area (Å²) in [6.45, 7) is 6.39. The van der Waals surface area contributed by atoms with Crippen molar-refractivity contribution in [2.24, 2.45) is 0 Å². The smallest absolute Gasteiger partial charge is 0.306 e. The molecule has 0 aliphatic carbocycles. The maximum Gasteiger partial charge on any atom is 0.306 e. The van der Waals surface area contributed by atoms with Gasteiger partial charge in [0.25, 0.3) is 0 Å². The summed E-state index contributed by atoms with van der Waals surface area (Å²) in [4.78, 5) is 25.9. The third-order valence-corrected chi connectivity index (χ3v) is 10.0. The van der Waals surface area contributed by atoms with Gasteiger partial charge in [-0.15, -0.1) is 0 Å². The lowest BCUT2D eigenvalue weighted by Crippen LogP contribution is -2.46. The third-order valence-electron chi connectivity index (χ3n) is 10.0.